The van der Waals surface area contributed by atoms with Crippen LogP contribution in [-0.2, 0) is 4.79 Å². The quantitative estimate of drug-likeness (QED) is 0.918. The molecule has 0 bridgehead atoms. The summed E-state index contributed by atoms with van der Waals surface area (Å²) in [6, 6.07) is 16.7. The fourth-order valence-electron chi connectivity index (χ4n) is 1.76. The van der Waals surface area contributed by atoms with Crippen molar-refractivity contribution in [2.75, 3.05) is 5.32 Å². The maximum absolute atomic E-state index is 11.6. The zero-order valence-electron chi connectivity index (χ0n) is 11.1. The molecular weight excluding hydrogens is 252 g/mol. The molecule has 20 heavy (non-hydrogen) atoms. The van der Waals surface area contributed by atoms with Crippen molar-refractivity contribution < 1.29 is 9.53 Å². The van der Waals surface area contributed by atoms with Gasteiger partial charge in [0.2, 0.25) is 5.91 Å². The number of benzene rings is 2. The molecule has 0 unspecified atom stereocenters. The van der Waals surface area contributed by atoms with E-state index in [1.54, 1.807) is 6.07 Å². The first-order valence-corrected chi connectivity index (χ1v) is 6.20. The molecular formula is C16H14N2O2. The molecule has 0 radical (unpaired) electrons. The Balaban J connectivity index is 2.27. The Morgan fingerprint density at radius 1 is 1.20 bits per heavy atom. The number of hydrogen-bond acceptors (Lipinski definition) is 3. The van der Waals surface area contributed by atoms with Gasteiger partial charge in [0, 0.05) is 0 Å². The highest BCUT2D eigenvalue weighted by atomic mass is 16.5. The van der Waals surface area contributed by atoms with E-state index in [9.17, 15) is 4.79 Å². The number of carbonyl (C=O) groups excluding carboxylic acids is 1. The van der Waals surface area contributed by atoms with E-state index < -0.39 is 0 Å². The monoisotopic (exact) mass is 266 g/mol. The summed E-state index contributed by atoms with van der Waals surface area (Å²) < 4.78 is 5.77. The van der Waals surface area contributed by atoms with Gasteiger partial charge < -0.3 is 10.1 Å². The van der Waals surface area contributed by atoms with Crippen LogP contribution < -0.4 is 10.1 Å². The minimum absolute atomic E-state index is 0.181. The van der Waals surface area contributed by atoms with E-state index in [4.69, 9.17) is 10.00 Å². The molecule has 0 fully saturated rings. The smallest absolute Gasteiger partial charge is 0.238 e. The number of nitriles is 1. The molecule has 0 saturated heterocycles. The summed E-state index contributed by atoms with van der Waals surface area (Å²) in [6.07, 6.45) is -0.181. The Morgan fingerprint density at radius 2 is 1.95 bits per heavy atom. The van der Waals surface area contributed by atoms with Crippen molar-refractivity contribution in [3.63, 3.8) is 0 Å². The first kappa shape index (κ1) is 13.6. The van der Waals surface area contributed by atoms with Crippen molar-refractivity contribution in [3.05, 3.63) is 54.1 Å². The lowest BCUT2D eigenvalue weighted by Crippen LogP contribution is -2.12. The Kier molecular flexibility index (Phi) is 4.35. The van der Waals surface area contributed by atoms with Crippen molar-refractivity contribution in [1.82, 2.24) is 0 Å². The van der Waals surface area contributed by atoms with Crippen LogP contribution in [0.15, 0.2) is 48.5 Å². The molecule has 2 aromatic rings. The van der Waals surface area contributed by atoms with Crippen molar-refractivity contribution in [1.29, 1.82) is 5.26 Å². The van der Waals surface area contributed by atoms with Crippen LogP contribution in [0.2, 0.25) is 0 Å². The second-order valence-electron chi connectivity index (χ2n) is 4.25. The first-order chi connectivity index (χ1) is 9.70. The molecule has 1 N–H and O–H groups in total. The summed E-state index contributed by atoms with van der Waals surface area (Å²) >= 11 is 0. The van der Waals surface area contributed by atoms with Crippen molar-refractivity contribution >= 4 is 11.6 Å². The molecule has 2 rings (SSSR count). The molecule has 0 saturated carbocycles. The highest BCUT2D eigenvalue weighted by Crippen LogP contribution is 2.32. The van der Waals surface area contributed by atoms with Crippen molar-refractivity contribution in [2.45, 2.75) is 13.3 Å². The maximum atomic E-state index is 11.6. The molecule has 0 aliphatic carbocycles. The lowest BCUT2D eigenvalue weighted by Gasteiger charge is -2.14. The zero-order valence-corrected chi connectivity index (χ0v) is 11.1. The van der Waals surface area contributed by atoms with Gasteiger partial charge in [-0.3, -0.25) is 4.79 Å². The topological polar surface area (TPSA) is 62.1 Å². The van der Waals surface area contributed by atoms with Gasteiger partial charge in [-0.2, -0.15) is 5.26 Å². The molecule has 0 aliphatic rings. The number of amides is 1. The Bertz CT molecular complexity index is 645. The summed E-state index contributed by atoms with van der Waals surface area (Å²) in [6.45, 7) is 1.87. The molecule has 0 spiro atoms. The average Bonchev–Trinajstić information content (AvgIpc) is 2.44. The molecule has 1 amide bonds. The number of rotatable bonds is 4. The number of para-hydroxylation sites is 2. The predicted octanol–water partition coefficient (Wildman–Crippen LogP) is 3.64. The maximum Gasteiger partial charge on any atom is 0.238 e. The SMILES string of the molecule is Cc1cccc(Oc2ccccc2)c1NC(=O)CC#N. The van der Waals surface area contributed by atoms with Gasteiger partial charge in [-0.25, -0.2) is 0 Å². The number of ether oxygens (including phenoxy) is 1. The van der Waals surface area contributed by atoms with Crippen molar-refractivity contribution in [2.24, 2.45) is 0 Å². The lowest BCUT2D eigenvalue weighted by molar-refractivity contribution is -0.115. The second-order valence-corrected chi connectivity index (χ2v) is 4.25. The number of anilines is 1. The number of nitrogens with zero attached hydrogens (tertiary/aromatic N) is 1. The fourth-order valence-corrected chi connectivity index (χ4v) is 1.76. The third-order valence-corrected chi connectivity index (χ3v) is 2.71. The number of aryl methyl sites for hydroxylation is 1. The largest absolute Gasteiger partial charge is 0.455 e. The van der Waals surface area contributed by atoms with Crippen LogP contribution in [0.3, 0.4) is 0 Å². The first-order valence-electron chi connectivity index (χ1n) is 6.20. The zero-order chi connectivity index (χ0) is 14.4. The number of carbonyl (C=O) groups is 1. The lowest BCUT2D eigenvalue weighted by atomic mass is 10.2. The molecule has 4 heteroatoms. The standard InChI is InChI=1S/C16H14N2O2/c1-12-6-5-9-14(16(12)18-15(19)10-11-17)20-13-7-3-2-4-8-13/h2-9H,10H2,1H3,(H,18,19). The van der Waals surface area contributed by atoms with E-state index in [-0.39, 0.29) is 12.3 Å². The highest BCUT2D eigenvalue weighted by molar-refractivity contribution is 5.94. The Morgan fingerprint density at radius 3 is 2.65 bits per heavy atom. The van der Waals surface area contributed by atoms with Gasteiger partial charge in [-0.15, -0.1) is 0 Å². The minimum atomic E-state index is -0.347. The van der Waals surface area contributed by atoms with E-state index in [0.717, 1.165) is 5.56 Å². The normalized spacial score (nSPS) is 9.60. The molecule has 0 aromatic heterocycles. The fraction of sp³-hybridized carbons (Fsp3) is 0.125. The van der Waals surface area contributed by atoms with E-state index in [1.165, 1.54) is 0 Å². The molecule has 100 valence electrons. The molecule has 2 aromatic carbocycles. The van der Waals surface area contributed by atoms with Gasteiger partial charge in [-0.1, -0.05) is 30.3 Å². The second kappa shape index (κ2) is 6.39. The number of hydrogen-bond donors (Lipinski definition) is 1. The van der Waals surface area contributed by atoms with Crippen LogP contribution >= 0.6 is 0 Å². The van der Waals surface area contributed by atoms with Gasteiger partial charge in [0.1, 0.15) is 12.2 Å². The summed E-state index contributed by atoms with van der Waals surface area (Å²) in [5, 5.41) is 11.3. The van der Waals surface area contributed by atoms with Crippen LogP contribution in [0.4, 0.5) is 5.69 Å². The summed E-state index contributed by atoms with van der Waals surface area (Å²) in [4.78, 5) is 11.6. The summed E-state index contributed by atoms with van der Waals surface area (Å²) in [5.41, 5.74) is 1.47. The molecule has 0 aliphatic heterocycles. The van der Waals surface area contributed by atoms with Gasteiger partial charge in [0.25, 0.3) is 0 Å². The van der Waals surface area contributed by atoms with Crippen LogP contribution in [-0.4, -0.2) is 5.91 Å². The van der Waals surface area contributed by atoms with E-state index in [1.807, 2.05) is 55.5 Å². The number of nitrogens with one attached hydrogen (secondary N) is 1. The minimum Gasteiger partial charge on any atom is -0.455 e. The van der Waals surface area contributed by atoms with Crippen LogP contribution in [0, 0.1) is 18.3 Å². The Labute approximate surface area is 117 Å². The van der Waals surface area contributed by atoms with Crippen LogP contribution in [0.1, 0.15) is 12.0 Å². The molecule has 0 atom stereocenters. The third-order valence-electron chi connectivity index (χ3n) is 2.71. The van der Waals surface area contributed by atoms with E-state index >= 15 is 0 Å². The van der Waals surface area contributed by atoms with E-state index in [0.29, 0.717) is 17.2 Å². The highest BCUT2D eigenvalue weighted by Gasteiger charge is 2.11. The van der Waals surface area contributed by atoms with Crippen LogP contribution in [0.5, 0.6) is 11.5 Å². The molecule has 0 heterocycles. The van der Waals surface area contributed by atoms with Gasteiger partial charge in [0.15, 0.2) is 5.75 Å². The van der Waals surface area contributed by atoms with Crippen LogP contribution in [0.25, 0.3) is 0 Å². The van der Waals surface area contributed by atoms with Gasteiger partial charge in [-0.05, 0) is 30.7 Å². The third kappa shape index (κ3) is 3.36. The summed E-state index contributed by atoms with van der Waals surface area (Å²) in [7, 11) is 0. The summed E-state index contributed by atoms with van der Waals surface area (Å²) in [5.74, 6) is 0.899. The predicted molar refractivity (Wildman–Crippen MR) is 76.6 cm³/mol. The van der Waals surface area contributed by atoms with Gasteiger partial charge in [0.05, 0.1) is 11.8 Å². The van der Waals surface area contributed by atoms with Gasteiger partial charge >= 0.3 is 0 Å². The molecule has 4 nitrogen and oxygen atoms in total. The van der Waals surface area contributed by atoms with E-state index in [2.05, 4.69) is 5.32 Å². The average molecular weight is 266 g/mol. The van der Waals surface area contributed by atoms with Crippen molar-refractivity contribution in [3.8, 4) is 17.6 Å². The Hall–Kier alpha value is -2.80.